The lowest BCUT2D eigenvalue weighted by molar-refractivity contribution is -0.139. The molecule has 0 unspecified atom stereocenters. The monoisotopic (exact) mass is 503 g/mol. The predicted octanol–water partition coefficient (Wildman–Crippen LogP) is 8.32. The summed E-state index contributed by atoms with van der Waals surface area (Å²) < 4.78 is 85.1. The summed E-state index contributed by atoms with van der Waals surface area (Å²) in [5.41, 5.74) is -0.193. The zero-order valence-corrected chi connectivity index (χ0v) is 18.0. The first-order valence-electron chi connectivity index (χ1n) is 10.4. The van der Waals surface area contributed by atoms with Crippen LogP contribution in [0.4, 0.5) is 37.7 Å². The Labute approximate surface area is 200 Å². The van der Waals surface area contributed by atoms with Gasteiger partial charge >= 0.3 is 12.4 Å². The summed E-state index contributed by atoms with van der Waals surface area (Å²) >= 11 is 0. The molecule has 1 aliphatic heterocycles. The average molecular weight is 503 g/mol. The topological polar surface area (TPSA) is 61.7 Å². The molecule has 36 heavy (non-hydrogen) atoms. The number of aromatic hydroxyl groups is 2. The van der Waals surface area contributed by atoms with E-state index in [1.54, 1.807) is 36.4 Å². The number of anilines is 2. The summed E-state index contributed by atoms with van der Waals surface area (Å²) in [5, 5.41) is 22.3. The van der Waals surface area contributed by atoms with E-state index in [2.05, 4.69) is 5.32 Å². The van der Waals surface area contributed by atoms with Crippen molar-refractivity contribution >= 4 is 11.4 Å². The van der Waals surface area contributed by atoms with Gasteiger partial charge in [0.25, 0.3) is 0 Å². The number of benzene rings is 4. The highest BCUT2D eigenvalue weighted by Crippen LogP contribution is 2.46. The number of ether oxygens (including phenoxy) is 1. The summed E-state index contributed by atoms with van der Waals surface area (Å²) in [5.74, 6) is -0.958. The van der Waals surface area contributed by atoms with Crippen LogP contribution in [0.2, 0.25) is 0 Å². The SMILES string of the molecule is Oc1ccc(-c2ccc3c(c2)Nc2cc(-c4ccc(O)c(C(F)(F)F)c4)ccc2O3)cc1C(F)(F)F. The standard InChI is InChI=1S/C26H15F6NO3/c27-25(28,29)17-9-13(1-5-21(17)34)15-3-7-23-19(11-15)33-20-12-16(4-8-24(20)36-23)14-2-6-22(35)18(10-14)26(30,31)32/h1-12,33-35H. The Morgan fingerprint density at radius 1 is 0.528 bits per heavy atom. The van der Waals surface area contributed by atoms with Crippen molar-refractivity contribution in [3.63, 3.8) is 0 Å². The minimum absolute atomic E-state index is 0.216. The van der Waals surface area contributed by atoms with E-state index in [9.17, 15) is 36.6 Å². The molecule has 0 saturated carbocycles. The lowest BCUT2D eigenvalue weighted by Crippen LogP contribution is -2.06. The highest BCUT2D eigenvalue weighted by atomic mass is 19.4. The minimum atomic E-state index is -4.73. The second-order valence-corrected chi connectivity index (χ2v) is 8.11. The zero-order chi connectivity index (χ0) is 25.8. The van der Waals surface area contributed by atoms with Gasteiger partial charge in [-0.25, -0.2) is 0 Å². The normalized spacial score (nSPS) is 12.8. The molecular formula is C26H15F6NO3. The first-order valence-corrected chi connectivity index (χ1v) is 10.4. The summed E-state index contributed by atoms with van der Waals surface area (Å²) in [6.07, 6.45) is -9.46. The highest BCUT2D eigenvalue weighted by molar-refractivity contribution is 5.83. The van der Waals surface area contributed by atoms with Gasteiger partial charge in [-0.15, -0.1) is 0 Å². The van der Waals surface area contributed by atoms with Gasteiger partial charge in [0.05, 0.1) is 22.5 Å². The van der Waals surface area contributed by atoms with E-state index in [0.717, 1.165) is 24.3 Å². The Morgan fingerprint density at radius 2 is 0.889 bits per heavy atom. The van der Waals surface area contributed by atoms with Gasteiger partial charge in [-0.2, -0.15) is 26.3 Å². The van der Waals surface area contributed by atoms with Crippen molar-refractivity contribution in [1.29, 1.82) is 0 Å². The molecule has 3 N–H and O–H groups in total. The number of phenolic OH excluding ortho intramolecular Hbond substituents is 2. The molecule has 0 aliphatic carbocycles. The van der Waals surface area contributed by atoms with Gasteiger partial charge in [-0.1, -0.05) is 24.3 Å². The predicted molar refractivity (Wildman–Crippen MR) is 120 cm³/mol. The molecule has 0 bridgehead atoms. The molecule has 1 heterocycles. The molecule has 0 aromatic heterocycles. The fourth-order valence-electron chi connectivity index (χ4n) is 3.94. The van der Waals surface area contributed by atoms with Crippen LogP contribution in [0.25, 0.3) is 22.3 Å². The fourth-order valence-corrected chi connectivity index (χ4v) is 3.94. The van der Waals surface area contributed by atoms with Gasteiger partial charge in [-0.05, 0) is 70.8 Å². The van der Waals surface area contributed by atoms with E-state index in [-0.39, 0.29) is 11.1 Å². The van der Waals surface area contributed by atoms with Crippen LogP contribution in [-0.4, -0.2) is 10.2 Å². The van der Waals surface area contributed by atoms with E-state index in [1.165, 1.54) is 12.1 Å². The first kappa shape index (κ1) is 23.4. The van der Waals surface area contributed by atoms with Gasteiger partial charge in [0.2, 0.25) is 0 Å². The van der Waals surface area contributed by atoms with Gasteiger partial charge in [0.1, 0.15) is 11.5 Å². The third-order valence-electron chi connectivity index (χ3n) is 5.72. The number of halogens is 6. The van der Waals surface area contributed by atoms with E-state index < -0.39 is 35.0 Å². The number of hydrogen-bond donors (Lipinski definition) is 3. The van der Waals surface area contributed by atoms with Crippen molar-refractivity contribution in [3.8, 4) is 45.3 Å². The maximum atomic E-state index is 13.2. The van der Waals surface area contributed by atoms with Crippen molar-refractivity contribution in [3.05, 3.63) is 83.9 Å². The lowest BCUT2D eigenvalue weighted by atomic mass is 9.99. The Bertz CT molecular complexity index is 1380. The second-order valence-electron chi connectivity index (χ2n) is 8.11. The maximum Gasteiger partial charge on any atom is 0.419 e. The van der Waals surface area contributed by atoms with Crippen LogP contribution in [0.15, 0.2) is 72.8 Å². The van der Waals surface area contributed by atoms with Crippen LogP contribution in [0, 0.1) is 0 Å². The molecule has 0 atom stereocenters. The average Bonchev–Trinajstić information content (AvgIpc) is 2.81. The fraction of sp³-hybridized carbons (Fsp3) is 0.0769. The smallest absolute Gasteiger partial charge is 0.419 e. The van der Waals surface area contributed by atoms with Crippen molar-refractivity contribution < 1.29 is 41.3 Å². The molecule has 0 fully saturated rings. The number of hydrogen-bond acceptors (Lipinski definition) is 4. The van der Waals surface area contributed by atoms with Crippen LogP contribution < -0.4 is 10.1 Å². The van der Waals surface area contributed by atoms with Gasteiger partial charge < -0.3 is 20.3 Å². The summed E-state index contributed by atoms with van der Waals surface area (Å²) in [4.78, 5) is 0. The molecule has 4 aromatic rings. The van der Waals surface area contributed by atoms with E-state index in [0.29, 0.717) is 34.0 Å². The molecule has 0 saturated heterocycles. The third-order valence-corrected chi connectivity index (χ3v) is 5.72. The van der Waals surface area contributed by atoms with E-state index in [1.807, 2.05) is 0 Å². The molecule has 0 radical (unpaired) electrons. The van der Waals surface area contributed by atoms with Crippen LogP contribution in [-0.2, 0) is 12.4 Å². The van der Waals surface area contributed by atoms with Crippen molar-refractivity contribution in [2.24, 2.45) is 0 Å². The molecule has 184 valence electrons. The molecule has 10 heteroatoms. The minimum Gasteiger partial charge on any atom is -0.507 e. The molecule has 0 amide bonds. The van der Waals surface area contributed by atoms with E-state index in [4.69, 9.17) is 4.74 Å². The molecule has 4 nitrogen and oxygen atoms in total. The van der Waals surface area contributed by atoms with Crippen molar-refractivity contribution in [2.45, 2.75) is 12.4 Å². The number of fused-ring (bicyclic) bond motifs is 2. The second kappa shape index (κ2) is 8.11. The first-order chi connectivity index (χ1) is 16.9. The van der Waals surface area contributed by atoms with Crippen LogP contribution >= 0.6 is 0 Å². The van der Waals surface area contributed by atoms with Gasteiger partial charge in [0.15, 0.2) is 11.5 Å². The van der Waals surface area contributed by atoms with Crippen molar-refractivity contribution in [2.75, 3.05) is 5.32 Å². The summed E-state index contributed by atoms with van der Waals surface area (Å²) in [6.45, 7) is 0. The largest absolute Gasteiger partial charge is 0.507 e. The highest BCUT2D eigenvalue weighted by Gasteiger charge is 2.35. The maximum absolute atomic E-state index is 13.2. The molecule has 1 aliphatic rings. The lowest BCUT2D eigenvalue weighted by Gasteiger charge is -2.23. The number of rotatable bonds is 2. The van der Waals surface area contributed by atoms with Gasteiger partial charge in [-0.3, -0.25) is 0 Å². The Morgan fingerprint density at radius 3 is 1.28 bits per heavy atom. The molecular weight excluding hydrogens is 488 g/mol. The third kappa shape index (κ3) is 4.26. The Hall–Kier alpha value is -4.34. The number of alkyl halides is 6. The zero-order valence-electron chi connectivity index (χ0n) is 18.0. The van der Waals surface area contributed by atoms with Gasteiger partial charge in [0, 0.05) is 0 Å². The number of phenols is 2. The van der Waals surface area contributed by atoms with Crippen LogP contribution in [0.5, 0.6) is 23.0 Å². The van der Waals surface area contributed by atoms with E-state index >= 15 is 0 Å². The number of nitrogens with one attached hydrogen (secondary N) is 1. The molecule has 4 aromatic carbocycles. The summed E-state index contributed by atoms with van der Waals surface area (Å²) in [7, 11) is 0. The Balaban J connectivity index is 1.49. The molecule has 0 spiro atoms. The quantitative estimate of drug-likeness (QED) is 0.212. The van der Waals surface area contributed by atoms with Crippen molar-refractivity contribution in [1.82, 2.24) is 0 Å². The van der Waals surface area contributed by atoms with Crippen LogP contribution in [0.3, 0.4) is 0 Å². The summed E-state index contributed by atoms with van der Waals surface area (Å²) in [6, 6.07) is 15.8. The van der Waals surface area contributed by atoms with Crippen LogP contribution in [0.1, 0.15) is 11.1 Å². The Kier molecular flexibility index (Phi) is 5.27. The molecule has 5 rings (SSSR count).